The highest BCUT2D eigenvalue weighted by Gasteiger charge is 2.33. The van der Waals surface area contributed by atoms with Crippen molar-refractivity contribution in [3.63, 3.8) is 0 Å². The van der Waals surface area contributed by atoms with Gasteiger partial charge in [0.05, 0.1) is 13.2 Å². The fourth-order valence-corrected chi connectivity index (χ4v) is 4.53. The van der Waals surface area contributed by atoms with E-state index in [2.05, 4.69) is 29.6 Å². The highest BCUT2D eigenvalue weighted by molar-refractivity contribution is 7.99. The number of amides is 1. The van der Waals surface area contributed by atoms with Gasteiger partial charge in [0, 0.05) is 23.0 Å². The van der Waals surface area contributed by atoms with Crippen LogP contribution < -0.4 is 15.8 Å². The molecule has 0 fully saturated rings. The standard InChI is InChI=1S/C27H32N2O2S/c1-27(2,32-19-20-14-16-23(31-3)17-15-20)25(28)26(30)29-18-24(21-10-6-4-7-11-21)22-12-8-5-9-13-22/h4-17,24-25H,18-19,28H2,1-3H3,(H,29,30)/t25-/m1/s1. The molecule has 3 rings (SSSR count). The van der Waals surface area contributed by atoms with Crippen molar-refractivity contribution in [2.75, 3.05) is 13.7 Å². The van der Waals surface area contributed by atoms with Crippen LogP contribution in [0.3, 0.4) is 0 Å². The van der Waals surface area contributed by atoms with Gasteiger partial charge in [0.1, 0.15) is 5.75 Å². The number of rotatable bonds is 10. The number of thioether (sulfide) groups is 1. The Morgan fingerprint density at radius 3 is 1.97 bits per heavy atom. The molecule has 5 heteroatoms. The van der Waals surface area contributed by atoms with E-state index in [9.17, 15) is 4.79 Å². The normalized spacial score (nSPS) is 12.4. The average Bonchev–Trinajstić information content (AvgIpc) is 2.84. The summed E-state index contributed by atoms with van der Waals surface area (Å²) in [5.41, 5.74) is 9.92. The third-order valence-corrected chi connectivity index (χ3v) is 7.16. The van der Waals surface area contributed by atoms with Gasteiger partial charge in [0.25, 0.3) is 0 Å². The monoisotopic (exact) mass is 448 g/mol. The van der Waals surface area contributed by atoms with E-state index >= 15 is 0 Å². The van der Waals surface area contributed by atoms with Crippen LogP contribution in [0.25, 0.3) is 0 Å². The molecule has 0 heterocycles. The maximum atomic E-state index is 13.0. The largest absolute Gasteiger partial charge is 0.497 e. The Morgan fingerprint density at radius 2 is 1.47 bits per heavy atom. The van der Waals surface area contributed by atoms with E-state index in [0.717, 1.165) is 11.5 Å². The number of nitrogens with one attached hydrogen (secondary N) is 1. The molecule has 0 saturated carbocycles. The Labute approximate surface area is 195 Å². The van der Waals surface area contributed by atoms with E-state index < -0.39 is 10.8 Å². The van der Waals surface area contributed by atoms with Crippen molar-refractivity contribution in [3.05, 3.63) is 102 Å². The van der Waals surface area contributed by atoms with Crippen molar-refractivity contribution in [3.8, 4) is 5.75 Å². The summed E-state index contributed by atoms with van der Waals surface area (Å²) in [5.74, 6) is 1.55. The molecule has 0 aliphatic heterocycles. The summed E-state index contributed by atoms with van der Waals surface area (Å²) < 4.78 is 4.80. The number of carbonyl (C=O) groups excluding carboxylic acids is 1. The first-order valence-electron chi connectivity index (χ1n) is 10.8. The molecule has 3 aromatic carbocycles. The topological polar surface area (TPSA) is 64.3 Å². The zero-order valence-electron chi connectivity index (χ0n) is 19.0. The van der Waals surface area contributed by atoms with Crippen molar-refractivity contribution < 1.29 is 9.53 Å². The molecular formula is C27H32N2O2S. The number of hydrogen-bond acceptors (Lipinski definition) is 4. The van der Waals surface area contributed by atoms with E-state index in [1.807, 2.05) is 74.5 Å². The van der Waals surface area contributed by atoms with Crippen LogP contribution in [0.4, 0.5) is 0 Å². The van der Waals surface area contributed by atoms with Gasteiger partial charge in [-0.2, -0.15) is 0 Å². The highest BCUT2D eigenvalue weighted by Crippen LogP contribution is 2.31. The maximum absolute atomic E-state index is 13.0. The van der Waals surface area contributed by atoms with E-state index in [-0.39, 0.29) is 11.8 Å². The van der Waals surface area contributed by atoms with Gasteiger partial charge >= 0.3 is 0 Å². The molecule has 3 N–H and O–H groups in total. The summed E-state index contributed by atoms with van der Waals surface area (Å²) in [6, 6.07) is 27.8. The fourth-order valence-electron chi connectivity index (χ4n) is 3.51. The van der Waals surface area contributed by atoms with Gasteiger partial charge in [-0.1, -0.05) is 72.8 Å². The molecule has 0 aromatic heterocycles. The Kier molecular flexibility index (Phi) is 8.37. The molecule has 0 bridgehead atoms. The molecule has 168 valence electrons. The van der Waals surface area contributed by atoms with Crippen LogP contribution in [0.15, 0.2) is 84.9 Å². The second kappa shape index (κ2) is 11.2. The molecule has 1 amide bonds. The predicted octanol–water partition coefficient (Wildman–Crippen LogP) is 4.98. The van der Waals surface area contributed by atoms with Gasteiger partial charge in [-0.25, -0.2) is 0 Å². The second-order valence-electron chi connectivity index (χ2n) is 8.34. The molecule has 0 saturated heterocycles. The molecule has 0 aliphatic carbocycles. The van der Waals surface area contributed by atoms with Crippen LogP contribution in [-0.2, 0) is 10.5 Å². The second-order valence-corrected chi connectivity index (χ2v) is 9.97. The van der Waals surface area contributed by atoms with Gasteiger partial charge in [-0.15, -0.1) is 11.8 Å². The molecule has 32 heavy (non-hydrogen) atoms. The Balaban J connectivity index is 1.62. The lowest BCUT2D eigenvalue weighted by molar-refractivity contribution is -0.122. The molecule has 3 aromatic rings. The van der Waals surface area contributed by atoms with Crippen LogP contribution in [-0.4, -0.2) is 30.4 Å². The number of benzene rings is 3. The minimum Gasteiger partial charge on any atom is -0.497 e. The van der Waals surface area contributed by atoms with Gasteiger partial charge < -0.3 is 15.8 Å². The summed E-state index contributed by atoms with van der Waals surface area (Å²) >= 11 is 1.68. The Morgan fingerprint density at radius 1 is 0.938 bits per heavy atom. The summed E-state index contributed by atoms with van der Waals surface area (Å²) in [5, 5.41) is 3.11. The Hall–Kier alpha value is -2.76. The average molecular weight is 449 g/mol. The molecular weight excluding hydrogens is 416 g/mol. The van der Waals surface area contributed by atoms with E-state index in [4.69, 9.17) is 10.5 Å². The number of methoxy groups -OCH3 is 1. The van der Waals surface area contributed by atoms with E-state index in [1.54, 1.807) is 18.9 Å². The van der Waals surface area contributed by atoms with Crippen LogP contribution in [0, 0.1) is 0 Å². The molecule has 0 unspecified atom stereocenters. The summed E-state index contributed by atoms with van der Waals surface area (Å²) in [4.78, 5) is 13.0. The fraction of sp³-hybridized carbons (Fsp3) is 0.296. The predicted molar refractivity (Wildman–Crippen MR) is 134 cm³/mol. The van der Waals surface area contributed by atoms with Crippen LogP contribution in [0.2, 0.25) is 0 Å². The highest BCUT2D eigenvalue weighted by atomic mass is 32.2. The Bertz CT molecular complexity index is 936. The third-order valence-electron chi connectivity index (χ3n) is 5.69. The quantitative estimate of drug-likeness (QED) is 0.459. The van der Waals surface area contributed by atoms with Crippen molar-refractivity contribution in [2.45, 2.75) is 36.3 Å². The minimum atomic E-state index is -0.627. The summed E-state index contributed by atoms with van der Waals surface area (Å²) in [6.45, 7) is 4.55. The number of hydrogen-bond donors (Lipinski definition) is 2. The lowest BCUT2D eigenvalue weighted by Crippen LogP contribution is -2.52. The molecule has 1 atom stereocenters. The van der Waals surface area contributed by atoms with Gasteiger partial charge in [0.2, 0.25) is 5.91 Å². The van der Waals surface area contributed by atoms with Crippen LogP contribution >= 0.6 is 11.8 Å². The third kappa shape index (κ3) is 6.38. The van der Waals surface area contributed by atoms with Crippen molar-refractivity contribution >= 4 is 17.7 Å². The first-order chi connectivity index (χ1) is 15.4. The van der Waals surface area contributed by atoms with Crippen molar-refractivity contribution in [1.82, 2.24) is 5.32 Å². The van der Waals surface area contributed by atoms with Gasteiger partial charge in [0.15, 0.2) is 0 Å². The minimum absolute atomic E-state index is 0.0728. The molecule has 0 radical (unpaired) electrons. The molecule has 0 spiro atoms. The molecule has 0 aliphatic rings. The first-order valence-corrected chi connectivity index (χ1v) is 11.8. The lowest BCUT2D eigenvalue weighted by Gasteiger charge is -2.31. The van der Waals surface area contributed by atoms with Gasteiger partial charge in [-0.3, -0.25) is 4.79 Å². The number of ether oxygens (including phenoxy) is 1. The summed E-state index contributed by atoms with van der Waals surface area (Å²) in [7, 11) is 1.66. The summed E-state index contributed by atoms with van der Waals surface area (Å²) in [6.07, 6.45) is 0. The number of carbonyl (C=O) groups is 1. The van der Waals surface area contributed by atoms with E-state index in [0.29, 0.717) is 6.54 Å². The molecule has 4 nitrogen and oxygen atoms in total. The van der Waals surface area contributed by atoms with Crippen LogP contribution in [0.5, 0.6) is 5.75 Å². The van der Waals surface area contributed by atoms with E-state index in [1.165, 1.54) is 16.7 Å². The SMILES string of the molecule is COc1ccc(CSC(C)(C)[C@H](N)C(=O)NCC(c2ccccc2)c2ccccc2)cc1. The van der Waals surface area contributed by atoms with Crippen molar-refractivity contribution in [1.29, 1.82) is 0 Å². The lowest BCUT2D eigenvalue weighted by atomic mass is 9.91. The van der Waals surface area contributed by atoms with Crippen LogP contribution in [0.1, 0.15) is 36.5 Å². The van der Waals surface area contributed by atoms with Gasteiger partial charge in [-0.05, 0) is 42.7 Å². The smallest absolute Gasteiger partial charge is 0.238 e. The number of nitrogens with two attached hydrogens (primary N) is 1. The first kappa shape index (κ1) is 23.9. The zero-order chi connectivity index (χ0) is 23.0. The zero-order valence-corrected chi connectivity index (χ0v) is 19.8. The maximum Gasteiger partial charge on any atom is 0.238 e. The van der Waals surface area contributed by atoms with Crippen molar-refractivity contribution in [2.24, 2.45) is 5.73 Å².